The fourth-order valence-electron chi connectivity index (χ4n) is 3.13. The first-order valence-corrected chi connectivity index (χ1v) is 7.51. The number of halogens is 1. The van der Waals surface area contributed by atoms with Crippen LogP contribution in [0.5, 0.6) is 0 Å². The van der Waals surface area contributed by atoms with Gasteiger partial charge < -0.3 is 10.5 Å². The Bertz CT molecular complexity index is 442. The molecule has 2 unspecified atom stereocenters. The molecule has 3 heteroatoms. The molecule has 1 heterocycles. The maximum atomic E-state index is 6.51. The highest BCUT2D eigenvalue weighted by Crippen LogP contribution is 2.47. The average Bonchev–Trinajstić information content (AvgIpc) is 2.46. The summed E-state index contributed by atoms with van der Waals surface area (Å²) in [6, 6.07) is 8.40. The molecule has 0 aromatic heterocycles. The first kappa shape index (κ1) is 14.3. The molecule has 1 aromatic carbocycles. The van der Waals surface area contributed by atoms with Gasteiger partial charge in [0.2, 0.25) is 0 Å². The molecular weight excluding hydrogens is 337 g/mol. The Hall–Kier alpha value is -0.130. The number of rotatable bonds is 2. The zero-order valence-electron chi connectivity index (χ0n) is 11.5. The van der Waals surface area contributed by atoms with Gasteiger partial charge in [-0.2, -0.15) is 0 Å². The van der Waals surface area contributed by atoms with E-state index < -0.39 is 0 Å². The van der Waals surface area contributed by atoms with Gasteiger partial charge in [0.25, 0.3) is 0 Å². The van der Waals surface area contributed by atoms with Crippen molar-refractivity contribution in [1.29, 1.82) is 0 Å². The van der Waals surface area contributed by atoms with E-state index in [0.29, 0.717) is 5.92 Å². The minimum atomic E-state index is -0.165. The van der Waals surface area contributed by atoms with Gasteiger partial charge in [0, 0.05) is 15.5 Å². The molecule has 0 bridgehead atoms. The first-order valence-electron chi connectivity index (χ1n) is 6.43. The highest BCUT2D eigenvalue weighted by atomic mass is 127. The van der Waals surface area contributed by atoms with Crippen LogP contribution in [-0.2, 0) is 4.74 Å². The molecule has 1 fully saturated rings. The first-order chi connectivity index (χ1) is 8.23. The van der Waals surface area contributed by atoms with Gasteiger partial charge in [-0.05, 0) is 68.3 Å². The van der Waals surface area contributed by atoms with Gasteiger partial charge >= 0.3 is 0 Å². The van der Waals surface area contributed by atoms with Crippen LogP contribution < -0.4 is 5.73 Å². The van der Waals surface area contributed by atoms with Crippen molar-refractivity contribution in [2.24, 2.45) is 11.7 Å². The Morgan fingerprint density at radius 3 is 2.39 bits per heavy atom. The largest absolute Gasteiger partial charge is 0.369 e. The lowest BCUT2D eigenvalue weighted by Crippen LogP contribution is -2.36. The number of nitrogens with two attached hydrogens (primary N) is 1. The molecule has 2 atom stereocenters. The third-order valence-electron chi connectivity index (χ3n) is 3.84. The quantitative estimate of drug-likeness (QED) is 0.814. The Balaban J connectivity index is 2.30. The van der Waals surface area contributed by atoms with E-state index in [1.165, 1.54) is 9.13 Å². The Morgan fingerprint density at radius 1 is 1.28 bits per heavy atom. The predicted octanol–water partition coefficient (Wildman–Crippen LogP) is 3.88. The molecule has 0 spiro atoms. The molecule has 100 valence electrons. The van der Waals surface area contributed by atoms with Gasteiger partial charge in [0.05, 0.1) is 11.2 Å². The zero-order valence-corrected chi connectivity index (χ0v) is 13.7. The van der Waals surface area contributed by atoms with E-state index in [1.807, 2.05) is 0 Å². The highest BCUT2D eigenvalue weighted by molar-refractivity contribution is 14.1. The topological polar surface area (TPSA) is 35.2 Å². The van der Waals surface area contributed by atoms with E-state index in [4.69, 9.17) is 10.5 Å². The van der Waals surface area contributed by atoms with Crippen LogP contribution >= 0.6 is 22.6 Å². The van der Waals surface area contributed by atoms with E-state index in [1.54, 1.807) is 0 Å². The van der Waals surface area contributed by atoms with Crippen LogP contribution in [0.15, 0.2) is 24.3 Å². The number of benzene rings is 1. The van der Waals surface area contributed by atoms with Crippen LogP contribution in [-0.4, -0.2) is 11.2 Å². The number of ether oxygens (including phenoxy) is 1. The van der Waals surface area contributed by atoms with Crippen LogP contribution in [0.1, 0.15) is 45.7 Å². The average molecular weight is 359 g/mol. The monoisotopic (exact) mass is 359 g/mol. The summed E-state index contributed by atoms with van der Waals surface area (Å²) < 4.78 is 7.39. The third kappa shape index (κ3) is 2.73. The molecular formula is C15H22INO. The predicted molar refractivity (Wildman–Crippen MR) is 83.4 cm³/mol. The second kappa shape index (κ2) is 4.76. The smallest absolute Gasteiger partial charge is 0.0680 e. The molecule has 1 saturated heterocycles. The molecule has 1 aromatic rings. The van der Waals surface area contributed by atoms with Crippen molar-refractivity contribution in [3.05, 3.63) is 33.4 Å². The van der Waals surface area contributed by atoms with Gasteiger partial charge in [0.1, 0.15) is 0 Å². The maximum absolute atomic E-state index is 6.51. The SMILES string of the molecule is CC1(C)CC(C(N)c2ccccc2I)C(C)(C)O1. The van der Waals surface area contributed by atoms with Crippen molar-refractivity contribution in [2.75, 3.05) is 0 Å². The molecule has 0 saturated carbocycles. The van der Waals surface area contributed by atoms with Crippen molar-refractivity contribution in [1.82, 2.24) is 0 Å². The van der Waals surface area contributed by atoms with Gasteiger partial charge in [-0.3, -0.25) is 0 Å². The Labute approximate surface area is 123 Å². The second-order valence-electron chi connectivity index (χ2n) is 6.32. The third-order valence-corrected chi connectivity index (χ3v) is 4.82. The van der Waals surface area contributed by atoms with E-state index in [2.05, 4.69) is 74.6 Å². The van der Waals surface area contributed by atoms with Crippen LogP contribution in [0.25, 0.3) is 0 Å². The van der Waals surface area contributed by atoms with E-state index in [-0.39, 0.29) is 17.2 Å². The molecule has 0 amide bonds. The second-order valence-corrected chi connectivity index (χ2v) is 7.49. The van der Waals surface area contributed by atoms with Crippen LogP contribution in [0, 0.1) is 9.49 Å². The van der Waals surface area contributed by atoms with Crippen molar-refractivity contribution >= 4 is 22.6 Å². The maximum Gasteiger partial charge on any atom is 0.0680 e. The summed E-state index contributed by atoms with van der Waals surface area (Å²) in [6.07, 6.45) is 1.01. The Morgan fingerprint density at radius 2 is 1.89 bits per heavy atom. The summed E-state index contributed by atoms with van der Waals surface area (Å²) in [5.41, 5.74) is 7.50. The fourth-order valence-corrected chi connectivity index (χ4v) is 3.87. The molecule has 2 rings (SSSR count). The van der Waals surface area contributed by atoms with Crippen molar-refractivity contribution in [3.63, 3.8) is 0 Å². The van der Waals surface area contributed by atoms with E-state index in [9.17, 15) is 0 Å². The summed E-state index contributed by atoms with van der Waals surface area (Å²) in [5.74, 6) is 0.350. The summed E-state index contributed by atoms with van der Waals surface area (Å²) in [5, 5.41) is 0. The van der Waals surface area contributed by atoms with Gasteiger partial charge in [-0.25, -0.2) is 0 Å². The van der Waals surface area contributed by atoms with Crippen LogP contribution in [0.4, 0.5) is 0 Å². The number of hydrogen-bond acceptors (Lipinski definition) is 2. The minimum absolute atomic E-state index is 0.0369. The van der Waals surface area contributed by atoms with Crippen molar-refractivity contribution in [2.45, 2.75) is 51.4 Å². The van der Waals surface area contributed by atoms with E-state index >= 15 is 0 Å². The van der Waals surface area contributed by atoms with Crippen molar-refractivity contribution < 1.29 is 4.74 Å². The summed E-state index contributed by atoms with van der Waals surface area (Å²) >= 11 is 2.36. The van der Waals surface area contributed by atoms with Gasteiger partial charge in [0.15, 0.2) is 0 Å². The summed E-state index contributed by atoms with van der Waals surface area (Å²) in [7, 11) is 0. The van der Waals surface area contributed by atoms with Crippen LogP contribution in [0.3, 0.4) is 0 Å². The standard InChI is InChI=1S/C15H22INO/c1-14(2)9-11(15(3,4)18-14)13(17)10-7-5-6-8-12(10)16/h5-8,11,13H,9,17H2,1-4H3. The Kier molecular flexibility index (Phi) is 3.78. The lowest BCUT2D eigenvalue weighted by molar-refractivity contribution is -0.0767. The normalized spacial score (nSPS) is 27.1. The minimum Gasteiger partial charge on any atom is -0.369 e. The summed E-state index contributed by atoms with van der Waals surface area (Å²) in [6.45, 7) is 8.61. The highest BCUT2D eigenvalue weighted by Gasteiger charge is 2.48. The van der Waals surface area contributed by atoms with Crippen LogP contribution in [0.2, 0.25) is 0 Å². The summed E-state index contributed by atoms with van der Waals surface area (Å²) in [4.78, 5) is 0. The molecule has 1 aliphatic heterocycles. The molecule has 18 heavy (non-hydrogen) atoms. The van der Waals surface area contributed by atoms with Gasteiger partial charge in [-0.15, -0.1) is 0 Å². The zero-order chi connectivity index (χ0) is 13.6. The van der Waals surface area contributed by atoms with E-state index in [0.717, 1.165) is 6.42 Å². The molecule has 1 aliphatic rings. The molecule has 2 N–H and O–H groups in total. The molecule has 0 radical (unpaired) electrons. The molecule has 2 nitrogen and oxygen atoms in total. The fraction of sp³-hybridized carbons (Fsp3) is 0.600. The van der Waals surface area contributed by atoms with Gasteiger partial charge in [-0.1, -0.05) is 18.2 Å². The molecule has 0 aliphatic carbocycles. The number of hydrogen-bond donors (Lipinski definition) is 1. The van der Waals surface area contributed by atoms with Crippen molar-refractivity contribution in [3.8, 4) is 0 Å². The lowest BCUT2D eigenvalue weighted by Gasteiger charge is -2.31. The lowest BCUT2D eigenvalue weighted by atomic mass is 9.79.